The third-order valence-electron chi connectivity index (χ3n) is 3.29. The largest absolute Gasteiger partial charge is 0.329 e. The van der Waals surface area contributed by atoms with Gasteiger partial charge in [0.2, 0.25) is 10.0 Å². The van der Waals surface area contributed by atoms with Crippen molar-refractivity contribution in [3.8, 4) is 0 Å². The molecule has 1 aromatic carbocycles. The molecule has 0 amide bonds. The van der Waals surface area contributed by atoms with Crippen LogP contribution >= 0.6 is 0 Å². The van der Waals surface area contributed by atoms with Gasteiger partial charge in [0.15, 0.2) is 0 Å². The van der Waals surface area contributed by atoms with Gasteiger partial charge in [-0.05, 0) is 12.1 Å². The summed E-state index contributed by atoms with van der Waals surface area (Å²) in [6.45, 7) is 2.88. The van der Waals surface area contributed by atoms with E-state index in [1.807, 2.05) is 4.90 Å². The Morgan fingerprint density at radius 1 is 1.15 bits per heavy atom. The monoisotopic (exact) mass is 305 g/mol. The molecule has 0 bridgehead atoms. The number of rotatable bonds is 4. The quantitative estimate of drug-likeness (QED) is 0.865. The van der Waals surface area contributed by atoms with Crippen LogP contribution in [0.5, 0.6) is 0 Å². The van der Waals surface area contributed by atoms with Crippen molar-refractivity contribution >= 4 is 10.0 Å². The Morgan fingerprint density at radius 3 is 2.35 bits per heavy atom. The van der Waals surface area contributed by atoms with Gasteiger partial charge in [0.25, 0.3) is 0 Å². The van der Waals surface area contributed by atoms with Crippen molar-refractivity contribution in [2.24, 2.45) is 5.73 Å². The van der Waals surface area contributed by atoms with Gasteiger partial charge in [-0.25, -0.2) is 17.2 Å². The van der Waals surface area contributed by atoms with Crippen molar-refractivity contribution < 1.29 is 17.2 Å². The Morgan fingerprint density at radius 2 is 1.80 bits per heavy atom. The standard InChI is InChI=1S/C12H17F2N3O2S/c13-10-1-2-12(11(14)9-10)20(18,19)17-7-5-16(4-3-15)6-8-17/h1-2,9H,3-8,15H2. The Hall–Kier alpha value is -1.09. The average Bonchev–Trinajstić information content (AvgIpc) is 2.39. The summed E-state index contributed by atoms with van der Waals surface area (Å²) in [6.07, 6.45) is 0. The number of nitrogens with zero attached hydrogens (tertiary/aromatic N) is 2. The van der Waals surface area contributed by atoms with Gasteiger partial charge >= 0.3 is 0 Å². The van der Waals surface area contributed by atoms with Crippen molar-refractivity contribution in [3.63, 3.8) is 0 Å². The van der Waals surface area contributed by atoms with Crippen LogP contribution in [0.15, 0.2) is 23.1 Å². The van der Waals surface area contributed by atoms with E-state index in [0.29, 0.717) is 32.2 Å². The zero-order chi connectivity index (χ0) is 14.8. The molecule has 1 saturated heterocycles. The van der Waals surface area contributed by atoms with E-state index in [1.54, 1.807) is 0 Å². The van der Waals surface area contributed by atoms with Crippen LogP contribution in [0.2, 0.25) is 0 Å². The predicted molar refractivity (Wildman–Crippen MR) is 70.6 cm³/mol. The summed E-state index contributed by atoms with van der Waals surface area (Å²) >= 11 is 0. The van der Waals surface area contributed by atoms with Gasteiger partial charge in [0.05, 0.1) is 0 Å². The minimum Gasteiger partial charge on any atom is -0.329 e. The fourth-order valence-corrected chi connectivity index (χ4v) is 3.67. The van der Waals surface area contributed by atoms with Crippen molar-refractivity contribution in [2.45, 2.75) is 4.90 Å². The Labute approximate surface area is 117 Å². The number of hydrogen-bond donors (Lipinski definition) is 1. The second-order valence-corrected chi connectivity index (χ2v) is 6.52. The molecular formula is C12H17F2N3O2S. The highest BCUT2D eigenvalue weighted by Crippen LogP contribution is 2.21. The number of sulfonamides is 1. The van der Waals surface area contributed by atoms with Crippen LogP contribution in [0, 0.1) is 11.6 Å². The highest BCUT2D eigenvalue weighted by molar-refractivity contribution is 7.89. The van der Waals surface area contributed by atoms with Gasteiger partial charge in [-0.15, -0.1) is 0 Å². The van der Waals surface area contributed by atoms with E-state index in [1.165, 1.54) is 4.31 Å². The molecule has 1 aliphatic rings. The average molecular weight is 305 g/mol. The summed E-state index contributed by atoms with van der Waals surface area (Å²) in [4.78, 5) is 1.57. The highest BCUT2D eigenvalue weighted by Gasteiger charge is 2.30. The van der Waals surface area contributed by atoms with Crippen molar-refractivity contribution in [1.29, 1.82) is 0 Å². The van der Waals surface area contributed by atoms with E-state index in [-0.39, 0.29) is 13.1 Å². The topological polar surface area (TPSA) is 66.6 Å². The zero-order valence-corrected chi connectivity index (χ0v) is 11.7. The molecule has 0 atom stereocenters. The number of piperazine rings is 1. The van der Waals surface area contributed by atoms with Crippen LogP contribution in [0.3, 0.4) is 0 Å². The molecule has 112 valence electrons. The molecule has 20 heavy (non-hydrogen) atoms. The van der Waals surface area contributed by atoms with Crippen molar-refractivity contribution in [3.05, 3.63) is 29.8 Å². The lowest BCUT2D eigenvalue weighted by atomic mass is 10.3. The summed E-state index contributed by atoms with van der Waals surface area (Å²) in [5.74, 6) is -1.86. The van der Waals surface area contributed by atoms with E-state index < -0.39 is 26.6 Å². The smallest absolute Gasteiger partial charge is 0.246 e. The SMILES string of the molecule is NCCN1CCN(S(=O)(=O)c2ccc(F)cc2F)CC1. The molecule has 8 heteroatoms. The second kappa shape index (κ2) is 6.13. The molecule has 1 heterocycles. The van der Waals surface area contributed by atoms with Gasteiger partial charge < -0.3 is 5.73 Å². The maximum Gasteiger partial charge on any atom is 0.246 e. The molecule has 2 N–H and O–H groups in total. The van der Waals surface area contributed by atoms with E-state index in [9.17, 15) is 17.2 Å². The lowest BCUT2D eigenvalue weighted by Gasteiger charge is -2.33. The molecular weight excluding hydrogens is 288 g/mol. The summed E-state index contributed by atoms with van der Waals surface area (Å²) in [5.41, 5.74) is 5.45. The molecule has 1 aromatic rings. The molecule has 2 rings (SSSR count). The molecule has 0 aliphatic carbocycles. The fourth-order valence-electron chi connectivity index (χ4n) is 2.20. The van der Waals surface area contributed by atoms with E-state index in [0.717, 1.165) is 12.1 Å². The lowest BCUT2D eigenvalue weighted by Crippen LogP contribution is -2.49. The summed E-state index contributed by atoms with van der Waals surface area (Å²) in [7, 11) is -3.91. The molecule has 0 spiro atoms. The molecule has 0 aromatic heterocycles. The third-order valence-corrected chi connectivity index (χ3v) is 5.22. The Kier molecular flexibility index (Phi) is 4.69. The van der Waals surface area contributed by atoms with E-state index in [4.69, 9.17) is 5.73 Å². The first-order valence-electron chi connectivity index (χ1n) is 6.33. The maximum absolute atomic E-state index is 13.6. The van der Waals surface area contributed by atoms with Gasteiger partial charge in [-0.2, -0.15) is 4.31 Å². The second-order valence-electron chi connectivity index (χ2n) is 4.61. The molecule has 1 fully saturated rings. The minimum atomic E-state index is -3.91. The molecule has 0 saturated carbocycles. The molecule has 1 aliphatic heterocycles. The Bertz CT molecular complexity index is 572. The lowest BCUT2D eigenvalue weighted by molar-refractivity contribution is 0.192. The summed E-state index contributed by atoms with van der Waals surface area (Å²) in [5, 5.41) is 0. The van der Waals surface area contributed by atoms with Crippen molar-refractivity contribution in [1.82, 2.24) is 9.21 Å². The predicted octanol–water partition coefficient (Wildman–Crippen LogP) is 0.230. The normalized spacial score (nSPS) is 18.4. The fraction of sp³-hybridized carbons (Fsp3) is 0.500. The Balaban J connectivity index is 2.15. The van der Waals surface area contributed by atoms with Crippen LogP contribution in [-0.4, -0.2) is 56.9 Å². The van der Waals surface area contributed by atoms with Crippen LogP contribution in [0.25, 0.3) is 0 Å². The van der Waals surface area contributed by atoms with Crippen molar-refractivity contribution in [2.75, 3.05) is 39.3 Å². The van der Waals surface area contributed by atoms with Crippen LogP contribution in [0.1, 0.15) is 0 Å². The number of nitrogens with two attached hydrogens (primary N) is 1. The highest BCUT2D eigenvalue weighted by atomic mass is 32.2. The first kappa shape index (κ1) is 15.3. The van der Waals surface area contributed by atoms with Crippen LogP contribution < -0.4 is 5.73 Å². The molecule has 0 radical (unpaired) electrons. The number of benzene rings is 1. The first-order chi connectivity index (χ1) is 9.45. The van der Waals surface area contributed by atoms with Crippen LogP contribution in [0.4, 0.5) is 8.78 Å². The molecule has 5 nitrogen and oxygen atoms in total. The minimum absolute atomic E-state index is 0.277. The summed E-state index contributed by atoms with van der Waals surface area (Å²) in [6, 6.07) is 2.49. The van der Waals surface area contributed by atoms with Gasteiger partial charge in [-0.1, -0.05) is 0 Å². The van der Waals surface area contributed by atoms with Gasteiger partial charge in [0, 0.05) is 45.3 Å². The first-order valence-corrected chi connectivity index (χ1v) is 7.77. The zero-order valence-electron chi connectivity index (χ0n) is 10.9. The van der Waals surface area contributed by atoms with Gasteiger partial charge in [-0.3, -0.25) is 4.90 Å². The van der Waals surface area contributed by atoms with E-state index in [2.05, 4.69) is 0 Å². The summed E-state index contributed by atoms with van der Waals surface area (Å²) < 4.78 is 52.3. The van der Waals surface area contributed by atoms with Gasteiger partial charge in [0.1, 0.15) is 16.5 Å². The van der Waals surface area contributed by atoms with Crippen LogP contribution in [-0.2, 0) is 10.0 Å². The third kappa shape index (κ3) is 3.14. The number of halogens is 2. The maximum atomic E-state index is 13.6. The van der Waals surface area contributed by atoms with E-state index >= 15 is 0 Å². The number of hydrogen-bond acceptors (Lipinski definition) is 4. The molecule has 0 unspecified atom stereocenters.